The summed E-state index contributed by atoms with van der Waals surface area (Å²) < 4.78 is 44.9. The van der Waals surface area contributed by atoms with E-state index in [1.54, 1.807) is 24.3 Å². The van der Waals surface area contributed by atoms with Crippen molar-refractivity contribution in [1.29, 1.82) is 0 Å². The van der Waals surface area contributed by atoms with Gasteiger partial charge in [-0.05, 0) is 43.6 Å². The summed E-state index contributed by atoms with van der Waals surface area (Å²) in [5.74, 6) is -0.876. The molecule has 0 unspecified atom stereocenters. The molecule has 8 nitrogen and oxygen atoms in total. The number of aryl methyl sites for hydroxylation is 1. The fourth-order valence-corrected chi connectivity index (χ4v) is 5.62. The molecule has 0 saturated carbocycles. The van der Waals surface area contributed by atoms with Crippen molar-refractivity contribution in [2.45, 2.75) is 77.1 Å². The molecule has 1 atom stereocenters. The molecule has 0 saturated heterocycles. The van der Waals surface area contributed by atoms with Gasteiger partial charge in [0, 0.05) is 26.9 Å². The molecule has 0 spiro atoms. The second-order valence-electron chi connectivity index (χ2n) is 9.67. The molecule has 1 rings (SSSR count). The highest BCUT2D eigenvalue weighted by Crippen LogP contribution is 2.37. The molecular formula is C23H39NO7SSi. The van der Waals surface area contributed by atoms with Gasteiger partial charge in [-0.25, -0.2) is 8.42 Å². The molecule has 0 fully saturated rings. The number of hydrogen-bond donors (Lipinski definition) is 0. The average Bonchev–Trinajstić information content (AvgIpc) is 2.67. The lowest BCUT2D eigenvalue weighted by Crippen LogP contribution is -2.49. The Hall–Kier alpha value is -1.75. The maximum atomic E-state index is 13.5. The van der Waals surface area contributed by atoms with Gasteiger partial charge in [0.1, 0.15) is 6.61 Å². The van der Waals surface area contributed by atoms with E-state index in [9.17, 15) is 18.0 Å². The summed E-state index contributed by atoms with van der Waals surface area (Å²) in [7, 11) is -6.14. The minimum absolute atomic E-state index is 0.00999. The maximum absolute atomic E-state index is 13.5. The number of nitrogens with zero attached hydrogens (tertiary/aromatic N) is 1. The second-order valence-corrected chi connectivity index (χ2v) is 16.4. The number of ether oxygens (including phenoxy) is 2. The van der Waals surface area contributed by atoms with Crippen LogP contribution in [0.25, 0.3) is 0 Å². The number of esters is 2. The van der Waals surface area contributed by atoms with E-state index in [1.165, 1.54) is 18.2 Å². The third kappa shape index (κ3) is 9.56. The smallest absolute Gasteiger partial charge is 0.302 e. The highest BCUT2D eigenvalue weighted by Gasteiger charge is 2.40. The van der Waals surface area contributed by atoms with Crippen LogP contribution >= 0.6 is 0 Å². The van der Waals surface area contributed by atoms with E-state index in [0.717, 1.165) is 5.56 Å². The first kappa shape index (κ1) is 29.3. The molecule has 0 bridgehead atoms. The van der Waals surface area contributed by atoms with E-state index in [4.69, 9.17) is 13.9 Å². The lowest BCUT2D eigenvalue weighted by molar-refractivity contribution is -0.143. The van der Waals surface area contributed by atoms with Gasteiger partial charge >= 0.3 is 11.9 Å². The third-order valence-electron chi connectivity index (χ3n) is 5.66. The molecule has 0 aromatic heterocycles. The second kappa shape index (κ2) is 12.1. The van der Waals surface area contributed by atoms with E-state index >= 15 is 0 Å². The molecule has 10 heteroatoms. The molecule has 0 aliphatic rings. The van der Waals surface area contributed by atoms with Gasteiger partial charge < -0.3 is 13.9 Å². The maximum Gasteiger partial charge on any atom is 0.302 e. The van der Waals surface area contributed by atoms with Crippen molar-refractivity contribution >= 4 is 30.3 Å². The third-order valence-corrected chi connectivity index (χ3v) is 12.1. The van der Waals surface area contributed by atoms with E-state index in [2.05, 4.69) is 33.9 Å². The molecular weight excluding hydrogens is 462 g/mol. The number of benzene rings is 1. The van der Waals surface area contributed by atoms with E-state index in [-0.39, 0.29) is 36.2 Å². The Morgan fingerprint density at radius 2 is 1.58 bits per heavy atom. The summed E-state index contributed by atoms with van der Waals surface area (Å²) in [6, 6.07) is 6.62. The van der Waals surface area contributed by atoms with Crippen LogP contribution in [0.15, 0.2) is 29.2 Å². The van der Waals surface area contributed by atoms with Crippen LogP contribution in [0, 0.1) is 6.92 Å². The van der Waals surface area contributed by atoms with Crippen molar-refractivity contribution in [2.75, 3.05) is 26.3 Å². The number of carbonyl (C=O) groups is 2. The summed E-state index contributed by atoms with van der Waals surface area (Å²) >= 11 is 0. The standard InChI is InChI=1S/C23H39NO7SSi/c1-18-10-12-22(13-11-18)32(27,28)24(14-9-15-29-19(2)25)16-21(17-30-20(3)26)31-33(7,8)23(4,5)6/h10-13,21H,9,14-17H2,1-8H3/t21-/m0/s1. The van der Waals surface area contributed by atoms with Crippen LogP contribution in [0.3, 0.4) is 0 Å². The topological polar surface area (TPSA) is 99.2 Å². The van der Waals surface area contributed by atoms with Gasteiger partial charge in [-0.3, -0.25) is 9.59 Å². The first-order chi connectivity index (χ1) is 15.1. The molecule has 33 heavy (non-hydrogen) atoms. The van der Waals surface area contributed by atoms with E-state index in [1.807, 2.05) is 6.92 Å². The van der Waals surface area contributed by atoms with Gasteiger partial charge in [0.25, 0.3) is 0 Å². The lowest BCUT2D eigenvalue weighted by Gasteiger charge is -2.40. The molecule has 0 heterocycles. The predicted molar refractivity (Wildman–Crippen MR) is 130 cm³/mol. The van der Waals surface area contributed by atoms with Gasteiger partial charge in [0.05, 0.1) is 17.6 Å². The minimum atomic E-state index is -3.86. The first-order valence-electron chi connectivity index (χ1n) is 11.1. The Morgan fingerprint density at radius 1 is 1.03 bits per heavy atom. The minimum Gasteiger partial charge on any atom is -0.466 e. The number of carbonyl (C=O) groups excluding carboxylic acids is 2. The van der Waals surface area contributed by atoms with Crippen molar-refractivity contribution in [3.63, 3.8) is 0 Å². The Bertz CT molecular complexity index is 892. The van der Waals surface area contributed by atoms with Crippen molar-refractivity contribution in [3.8, 4) is 0 Å². The van der Waals surface area contributed by atoms with Gasteiger partial charge in [0.15, 0.2) is 8.32 Å². The predicted octanol–water partition coefficient (Wildman–Crippen LogP) is 3.89. The summed E-state index contributed by atoms with van der Waals surface area (Å²) in [4.78, 5) is 22.7. The zero-order valence-corrected chi connectivity index (χ0v) is 23.0. The van der Waals surface area contributed by atoms with Gasteiger partial charge in [-0.15, -0.1) is 0 Å². The van der Waals surface area contributed by atoms with Crippen LogP contribution in [0.2, 0.25) is 18.1 Å². The van der Waals surface area contributed by atoms with Crippen LogP contribution in [-0.4, -0.2) is 65.4 Å². The highest BCUT2D eigenvalue weighted by molar-refractivity contribution is 7.89. The van der Waals surface area contributed by atoms with Crippen LogP contribution in [0.1, 0.15) is 46.6 Å². The molecule has 0 aliphatic carbocycles. The average molecular weight is 502 g/mol. The monoisotopic (exact) mass is 501 g/mol. The zero-order valence-electron chi connectivity index (χ0n) is 21.1. The van der Waals surface area contributed by atoms with Gasteiger partial charge in [0.2, 0.25) is 10.0 Å². The van der Waals surface area contributed by atoms with Gasteiger partial charge in [-0.1, -0.05) is 38.5 Å². The van der Waals surface area contributed by atoms with Crippen molar-refractivity contribution in [1.82, 2.24) is 4.31 Å². The normalized spacial score (nSPS) is 13.6. The summed E-state index contributed by atoms with van der Waals surface area (Å²) in [6.45, 7) is 15.1. The number of rotatable bonds is 12. The van der Waals surface area contributed by atoms with Crippen LogP contribution < -0.4 is 0 Å². The van der Waals surface area contributed by atoms with E-state index in [0.29, 0.717) is 6.42 Å². The summed E-state index contributed by atoms with van der Waals surface area (Å²) in [5, 5.41) is -0.114. The van der Waals surface area contributed by atoms with Crippen molar-refractivity contribution < 1.29 is 31.9 Å². The van der Waals surface area contributed by atoms with Crippen molar-refractivity contribution in [3.05, 3.63) is 29.8 Å². The molecule has 0 radical (unpaired) electrons. The molecule has 0 amide bonds. The Morgan fingerprint density at radius 3 is 2.06 bits per heavy atom. The Labute approximate surface area is 199 Å². The zero-order chi connectivity index (χ0) is 25.4. The van der Waals surface area contributed by atoms with E-state index < -0.39 is 36.4 Å². The lowest BCUT2D eigenvalue weighted by atomic mass is 10.2. The quantitative estimate of drug-likeness (QED) is 0.243. The number of sulfonamides is 1. The van der Waals surface area contributed by atoms with Crippen molar-refractivity contribution in [2.24, 2.45) is 0 Å². The Kier molecular flexibility index (Phi) is 10.7. The molecule has 0 N–H and O–H groups in total. The van der Waals surface area contributed by atoms with Crippen LogP contribution in [0.4, 0.5) is 0 Å². The largest absolute Gasteiger partial charge is 0.466 e. The fraction of sp³-hybridized carbons (Fsp3) is 0.652. The Balaban J connectivity index is 3.23. The molecule has 188 valence electrons. The highest BCUT2D eigenvalue weighted by atomic mass is 32.2. The first-order valence-corrected chi connectivity index (χ1v) is 15.4. The van der Waals surface area contributed by atoms with Crippen LogP contribution in [0.5, 0.6) is 0 Å². The summed E-state index contributed by atoms with van der Waals surface area (Å²) in [6.07, 6.45) is -0.311. The SMILES string of the molecule is CC(=O)OCCCN(C[C@@H](COC(C)=O)O[Si](C)(C)C(C)(C)C)S(=O)(=O)c1ccc(C)cc1. The molecule has 0 aliphatic heterocycles. The molecule has 1 aromatic rings. The molecule has 1 aromatic carbocycles. The van der Waals surface area contributed by atoms with Crippen LogP contribution in [-0.2, 0) is 33.5 Å². The number of hydrogen-bond acceptors (Lipinski definition) is 7. The van der Waals surface area contributed by atoms with Gasteiger partial charge in [-0.2, -0.15) is 4.31 Å². The fourth-order valence-electron chi connectivity index (χ4n) is 2.78. The summed E-state index contributed by atoms with van der Waals surface area (Å²) in [5.41, 5.74) is 0.948.